The minimum Gasteiger partial charge on any atom is -0.463 e. The van der Waals surface area contributed by atoms with Crippen LogP contribution in [0.4, 0.5) is 10.1 Å². The Bertz CT molecular complexity index is 1530. The van der Waals surface area contributed by atoms with Crippen molar-refractivity contribution in [3.05, 3.63) is 65.4 Å². The van der Waals surface area contributed by atoms with E-state index in [0.29, 0.717) is 5.57 Å². The quantitative estimate of drug-likeness (QED) is 0.301. The Kier molecular flexibility index (Phi) is 6.46. The molecule has 6 atom stereocenters. The van der Waals surface area contributed by atoms with Crippen molar-refractivity contribution in [3.63, 3.8) is 0 Å². The Balaban J connectivity index is 1.36. The Labute approximate surface area is 251 Å². The first-order valence-electron chi connectivity index (χ1n) is 14.4. The van der Waals surface area contributed by atoms with Crippen LogP contribution < -0.4 is 4.90 Å². The van der Waals surface area contributed by atoms with Crippen molar-refractivity contribution in [2.24, 2.45) is 17.8 Å². The van der Waals surface area contributed by atoms with E-state index in [4.69, 9.17) is 27.6 Å². The van der Waals surface area contributed by atoms with Gasteiger partial charge in [0.2, 0.25) is 11.8 Å². The lowest BCUT2D eigenvalue weighted by Crippen LogP contribution is -2.60. The molecule has 1 aromatic heterocycles. The van der Waals surface area contributed by atoms with E-state index in [1.807, 2.05) is 6.08 Å². The van der Waals surface area contributed by atoms with Gasteiger partial charge in [0.05, 0.1) is 23.4 Å². The number of allylic oxidation sites excluding steroid dienone is 2. The van der Waals surface area contributed by atoms with Gasteiger partial charge in [-0.15, -0.1) is 23.2 Å². The summed E-state index contributed by atoms with van der Waals surface area (Å²) in [7, 11) is 0. The van der Waals surface area contributed by atoms with Gasteiger partial charge in [0.25, 0.3) is 11.8 Å². The lowest BCUT2D eigenvalue weighted by atomic mass is 9.57. The summed E-state index contributed by atoms with van der Waals surface area (Å²) in [6.45, 7) is -0.404. The molecule has 42 heavy (non-hydrogen) atoms. The topological polar surface area (TPSA) is 108 Å². The van der Waals surface area contributed by atoms with Crippen molar-refractivity contribution in [2.45, 2.75) is 73.3 Å². The van der Waals surface area contributed by atoms with Gasteiger partial charge in [0.1, 0.15) is 23.9 Å². The van der Waals surface area contributed by atoms with Crippen molar-refractivity contribution in [3.8, 4) is 0 Å². The second-order valence-corrected chi connectivity index (χ2v) is 13.3. The molecular weight excluding hydrogens is 586 g/mol. The van der Waals surface area contributed by atoms with Crippen LogP contribution in [-0.4, -0.2) is 49.4 Å². The lowest BCUT2D eigenvalue weighted by Gasteiger charge is -2.49. The molecule has 3 heterocycles. The average Bonchev–Trinajstić information content (AvgIpc) is 3.60. The molecule has 2 aromatic rings. The number of amides is 4. The highest BCUT2D eigenvalue weighted by atomic mass is 35.5. The maximum absolute atomic E-state index is 14.2. The van der Waals surface area contributed by atoms with Crippen LogP contribution in [-0.2, 0) is 25.8 Å². The van der Waals surface area contributed by atoms with E-state index in [-0.39, 0.29) is 47.9 Å². The number of likely N-dealkylation sites (tertiary alicyclic amines) is 1. The van der Waals surface area contributed by atoms with E-state index >= 15 is 0 Å². The number of carbonyl (C=O) groups is 4. The number of anilines is 1. The zero-order chi connectivity index (χ0) is 29.6. The normalized spacial score (nSPS) is 34.9. The fraction of sp³-hybridized carbons (Fsp3) is 0.484. The summed E-state index contributed by atoms with van der Waals surface area (Å²) in [5, 5.41) is 9.72. The summed E-state index contributed by atoms with van der Waals surface area (Å²) < 4.78 is 19.7. The number of imide groups is 2. The Morgan fingerprint density at radius 1 is 0.929 bits per heavy atom. The van der Waals surface area contributed by atoms with Gasteiger partial charge in [0.15, 0.2) is 9.75 Å². The van der Waals surface area contributed by atoms with E-state index in [2.05, 4.69) is 0 Å². The van der Waals surface area contributed by atoms with E-state index in [9.17, 15) is 28.7 Å². The first-order valence-corrected chi connectivity index (χ1v) is 15.2. The molecule has 2 aliphatic heterocycles. The van der Waals surface area contributed by atoms with Crippen molar-refractivity contribution in [1.82, 2.24) is 4.90 Å². The molecule has 4 amide bonds. The number of alkyl halides is 2. The minimum absolute atomic E-state index is 0.112. The molecular formula is C31H29Cl2FN2O6. The summed E-state index contributed by atoms with van der Waals surface area (Å²) >= 11 is 14.6. The van der Waals surface area contributed by atoms with Crippen molar-refractivity contribution >= 4 is 52.5 Å². The third-order valence-electron chi connectivity index (χ3n) is 9.99. The summed E-state index contributed by atoms with van der Waals surface area (Å²) in [4.78, 5) is 54.4. The van der Waals surface area contributed by atoms with Crippen LogP contribution in [0.1, 0.15) is 62.4 Å². The Morgan fingerprint density at radius 2 is 1.64 bits per heavy atom. The number of hydrogen-bond donors (Lipinski definition) is 1. The third-order valence-corrected chi connectivity index (χ3v) is 11.4. The first kappa shape index (κ1) is 27.8. The molecule has 1 aromatic carbocycles. The second-order valence-electron chi connectivity index (χ2n) is 12.1. The van der Waals surface area contributed by atoms with Crippen LogP contribution in [0.2, 0.25) is 0 Å². The van der Waals surface area contributed by atoms with Gasteiger partial charge < -0.3 is 9.52 Å². The highest BCUT2D eigenvalue weighted by Gasteiger charge is 2.77. The van der Waals surface area contributed by atoms with Crippen molar-refractivity contribution in [1.29, 1.82) is 0 Å². The SMILES string of the molecule is O=C1C2CC=C3C(CC4(Cl)C(=O)N(c5ccc(F)cc5)C(=O)C4(Cl)C3c3ccc(CO)o3)C2C(=O)N1C1CCCCC1. The number of hydrogen-bond acceptors (Lipinski definition) is 6. The number of furan rings is 1. The number of benzene rings is 1. The van der Waals surface area contributed by atoms with Gasteiger partial charge in [-0.2, -0.15) is 0 Å². The zero-order valence-corrected chi connectivity index (χ0v) is 24.1. The van der Waals surface area contributed by atoms with E-state index < -0.39 is 57.7 Å². The minimum atomic E-state index is -2.06. The first-order chi connectivity index (χ1) is 20.1. The van der Waals surface area contributed by atoms with Crippen molar-refractivity contribution in [2.75, 3.05) is 4.90 Å². The standard InChI is InChI=1S/C31H29Cl2FN2O6/c32-30-14-22-20(11-12-21-24(22)27(39)35(26(21)38)17-4-2-1-3-5-17)25(23-13-10-19(15-37)42-23)31(30,33)29(41)36(28(30)40)18-8-6-16(34)7-9-18/h6-11,13,17,21-22,24-25,37H,1-5,12,14-15H2. The van der Waals surface area contributed by atoms with Crippen LogP contribution in [0.15, 0.2) is 52.5 Å². The maximum atomic E-state index is 14.2. The van der Waals surface area contributed by atoms with Gasteiger partial charge in [-0.3, -0.25) is 24.1 Å². The third kappa shape index (κ3) is 3.62. The maximum Gasteiger partial charge on any atom is 0.258 e. The molecule has 7 rings (SSSR count). The number of aliphatic hydroxyl groups excluding tert-OH is 1. The number of aliphatic hydroxyl groups is 1. The van der Waals surface area contributed by atoms with E-state index in [1.165, 1.54) is 17.0 Å². The molecule has 8 nitrogen and oxygen atoms in total. The van der Waals surface area contributed by atoms with Gasteiger partial charge >= 0.3 is 0 Å². The molecule has 4 fully saturated rings. The molecule has 0 radical (unpaired) electrons. The molecule has 3 aliphatic carbocycles. The predicted molar refractivity (Wildman–Crippen MR) is 150 cm³/mol. The number of carbonyl (C=O) groups excluding carboxylic acids is 4. The molecule has 220 valence electrons. The van der Waals surface area contributed by atoms with Gasteiger partial charge in [-0.05, 0) is 68.0 Å². The van der Waals surface area contributed by atoms with Crippen LogP contribution in [0.5, 0.6) is 0 Å². The number of nitrogens with zero attached hydrogens (tertiary/aromatic N) is 2. The summed E-state index contributed by atoms with van der Waals surface area (Å²) in [5.41, 5.74) is 0.732. The van der Waals surface area contributed by atoms with Crippen LogP contribution >= 0.6 is 23.2 Å². The smallest absolute Gasteiger partial charge is 0.258 e. The van der Waals surface area contributed by atoms with Gasteiger partial charge in [-0.1, -0.05) is 30.9 Å². The molecule has 11 heteroatoms. The number of fused-ring (bicyclic) bond motifs is 4. The Morgan fingerprint density at radius 3 is 2.31 bits per heavy atom. The second kappa shape index (κ2) is 9.76. The molecule has 2 saturated carbocycles. The van der Waals surface area contributed by atoms with Gasteiger partial charge in [-0.25, -0.2) is 9.29 Å². The van der Waals surface area contributed by atoms with Crippen molar-refractivity contribution < 1.29 is 33.1 Å². The zero-order valence-electron chi connectivity index (χ0n) is 22.6. The number of halogens is 3. The number of rotatable bonds is 4. The fourth-order valence-corrected chi connectivity index (χ4v) is 8.99. The molecule has 0 spiro atoms. The van der Waals surface area contributed by atoms with Crippen LogP contribution in [0, 0.1) is 23.6 Å². The Hall–Kier alpha value is -3.01. The van der Waals surface area contributed by atoms with E-state index in [1.54, 1.807) is 12.1 Å². The monoisotopic (exact) mass is 614 g/mol. The van der Waals surface area contributed by atoms with Crippen LogP contribution in [0.25, 0.3) is 0 Å². The summed E-state index contributed by atoms with van der Waals surface area (Å²) in [6, 6.07) is 7.86. The fourth-order valence-electron chi connectivity index (χ4n) is 8.07. The molecule has 5 aliphatic rings. The molecule has 1 N–H and O–H groups in total. The average molecular weight is 615 g/mol. The highest BCUT2D eigenvalue weighted by Crippen LogP contribution is 2.66. The highest BCUT2D eigenvalue weighted by molar-refractivity contribution is 6.58. The van der Waals surface area contributed by atoms with Gasteiger partial charge in [0, 0.05) is 6.04 Å². The molecule has 2 saturated heterocycles. The van der Waals surface area contributed by atoms with E-state index in [0.717, 1.165) is 49.1 Å². The summed E-state index contributed by atoms with van der Waals surface area (Å²) in [5.74, 6) is -5.21. The largest absolute Gasteiger partial charge is 0.463 e. The molecule has 6 unspecified atom stereocenters. The lowest BCUT2D eigenvalue weighted by molar-refractivity contribution is -0.143. The predicted octanol–water partition coefficient (Wildman–Crippen LogP) is 4.81. The summed E-state index contributed by atoms with van der Waals surface area (Å²) in [6.07, 6.45) is 6.50. The molecule has 0 bridgehead atoms. The van der Waals surface area contributed by atoms with Crippen LogP contribution in [0.3, 0.4) is 0 Å².